The van der Waals surface area contributed by atoms with Crippen LogP contribution in [-0.2, 0) is 0 Å². The topological polar surface area (TPSA) is 61.8 Å². The number of fused-ring (bicyclic) bond motifs is 1. The summed E-state index contributed by atoms with van der Waals surface area (Å²) in [4.78, 5) is 18.4. The van der Waals surface area contributed by atoms with Gasteiger partial charge in [0.1, 0.15) is 12.4 Å². The van der Waals surface area contributed by atoms with Crippen molar-refractivity contribution < 1.29 is 18.3 Å². The number of carbonyl (C=O) groups is 1. The first-order valence-electron chi connectivity index (χ1n) is 8.77. The molecule has 142 valence electrons. The molecule has 2 aliphatic rings. The number of ether oxygens (including phenoxy) is 1. The van der Waals surface area contributed by atoms with Crippen LogP contribution in [0.15, 0.2) is 30.5 Å². The third-order valence-corrected chi connectivity index (χ3v) is 4.82. The molecule has 1 atom stereocenters. The summed E-state index contributed by atoms with van der Waals surface area (Å²) in [6, 6.07) is 5.18. The Balaban J connectivity index is 1.51. The standard InChI is InChI=1S/C18H19F2N5O2/c1-12-11-27-16-10-14(20)13(19)9-15(16)25(12)18(26)24-7-5-23(6-8-24)17-3-2-4-21-22-17/h2-4,9-10,12H,5-8,11H2,1H3. The normalized spacial score (nSPS) is 19.5. The van der Waals surface area contributed by atoms with Gasteiger partial charge in [-0.25, -0.2) is 13.6 Å². The molecule has 9 heteroatoms. The van der Waals surface area contributed by atoms with Crippen molar-refractivity contribution in [2.24, 2.45) is 0 Å². The first-order chi connectivity index (χ1) is 13.0. The highest BCUT2D eigenvalue weighted by molar-refractivity contribution is 5.95. The molecular formula is C18H19F2N5O2. The van der Waals surface area contributed by atoms with Crippen LogP contribution < -0.4 is 14.5 Å². The highest BCUT2D eigenvalue weighted by Crippen LogP contribution is 2.36. The number of aromatic nitrogens is 2. The van der Waals surface area contributed by atoms with Gasteiger partial charge in [-0.3, -0.25) is 4.90 Å². The van der Waals surface area contributed by atoms with Crippen LogP contribution in [0.5, 0.6) is 5.75 Å². The van der Waals surface area contributed by atoms with Crippen LogP contribution in [0.2, 0.25) is 0 Å². The molecule has 0 saturated carbocycles. The SMILES string of the molecule is CC1COc2cc(F)c(F)cc2N1C(=O)N1CCN(c2cccnn2)CC1. The lowest BCUT2D eigenvalue weighted by atomic mass is 10.1. The van der Waals surface area contributed by atoms with Crippen molar-refractivity contribution in [2.45, 2.75) is 13.0 Å². The van der Waals surface area contributed by atoms with E-state index < -0.39 is 11.6 Å². The molecule has 2 aromatic rings. The number of anilines is 2. The molecule has 4 rings (SSSR count). The summed E-state index contributed by atoms with van der Waals surface area (Å²) in [6.07, 6.45) is 1.61. The molecule has 0 N–H and O–H groups in total. The number of rotatable bonds is 1. The number of nitrogens with zero attached hydrogens (tertiary/aromatic N) is 5. The predicted octanol–water partition coefficient (Wildman–Crippen LogP) is 2.28. The number of urea groups is 1. The maximum Gasteiger partial charge on any atom is 0.325 e. The van der Waals surface area contributed by atoms with Gasteiger partial charge in [-0.15, -0.1) is 5.10 Å². The second-order valence-electron chi connectivity index (χ2n) is 6.60. The van der Waals surface area contributed by atoms with E-state index in [9.17, 15) is 13.6 Å². The summed E-state index contributed by atoms with van der Waals surface area (Å²) in [5.74, 6) is -1.05. The van der Waals surface area contributed by atoms with Crippen LogP contribution >= 0.6 is 0 Å². The minimum absolute atomic E-state index is 0.179. The first kappa shape index (κ1) is 17.4. The zero-order valence-electron chi connectivity index (χ0n) is 14.8. The summed E-state index contributed by atoms with van der Waals surface area (Å²) in [7, 11) is 0. The van der Waals surface area contributed by atoms with E-state index in [1.165, 1.54) is 4.90 Å². The fourth-order valence-electron chi connectivity index (χ4n) is 3.38. The van der Waals surface area contributed by atoms with Gasteiger partial charge in [-0.2, -0.15) is 5.10 Å². The molecule has 1 fully saturated rings. The third kappa shape index (κ3) is 3.24. The van der Waals surface area contributed by atoms with Crippen molar-refractivity contribution in [3.8, 4) is 5.75 Å². The Morgan fingerprint density at radius 2 is 1.93 bits per heavy atom. The largest absolute Gasteiger partial charge is 0.489 e. The molecule has 1 aromatic carbocycles. The van der Waals surface area contributed by atoms with Crippen molar-refractivity contribution in [1.82, 2.24) is 15.1 Å². The number of piperazine rings is 1. The van der Waals surface area contributed by atoms with Gasteiger partial charge in [0.15, 0.2) is 17.5 Å². The van der Waals surface area contributed by atoms with Crippen molar-refractivity contribution in [3.05, 3.63) is 42.1 Å². The van der Waals surface area contributed by atoms with Gasteiger partial charge < -0.3 is 14.5 Å². The quantitative estimate of drug-likeness (QED) is 0.765. The van der Waals surface area contributed by atoms with E-state index in [-0.39, 0.29) is 30.1 Å². The number of hydrogen-bond donors (Lipinski definition) is 0. The molecule has 1 unspecified atom stereocenters. The van der Waals surface area contributed by atoms with Crippen LogP contribution in [0.1, 0.15) is 6.92 Å². The van der Waals surface area contributed by atoms with Gasteiger partial charge in [0.05, 0.1) is 11.7 Å². The van der Waals surface area contributed by atoms with Crippen molar-refractivity contribution in [2.75, 3.05) is 42.6 Å². The fourth-order valence-corrected chi connectivity index (χ4v) is 3.38. The molecule has 0 bridgehead atoms. The Bertz CT molecular complexity index is 843. The first-order valence-corrected chi connectivity index (χ1v) is 8.77. The molecule has 0 spiro atoms. The Hall–Kier alpha value is -2.97. The van der Waals surface area contributed by atoms with Gasteiger partial charge in [0.25, 0.3) is 0 Å². The summed E-state index contributed by atoms with van der Waals surface area (Å²) in [5.41, 5.74) is 0.258. The molecule has 2 amide bonds. The number of halogens is 2. The lowest BCUT2D eigenvalue weighted by Crippen LogP contribution is -2.56. The van der Waals surface area contributed by atoms with E-state index in [1.807, 2.05) is 19.1 Å². The second kappa shape index (κ2) is 6.98. The molecule has 3 heterocycles. The van der Waals surface area contributed by atoms with Gasteiger partial charge in [-0.1, -0.05) is 0 Å². The Morgan fingerprint density at radius 3 is 2.63 bits per heavy atom. The van der Waals surface area contributed by atoms with E-state index in [2.05, 4.69) is 15.1 Å². The van der Waals surface area contributed by atoms with Gasteiger partial charge in [0.2, 0.25) is 0 Å². The molecule has 0 aliphatic carbocycles. The zero-order valence-corrected chi connectivity index (χ0v) is 14.8. The monoisotopic (exact) mass is 375 g/mol. The summed E-state index contributed by atoms with van der Waals surface area (Å²) >= 11 is 0. The average molecular weight is 375 g/mol. The molecule has 1 saturated heterocycles. The molecular weight excluding hydrogens is 356 g/mol. The number of benzene rings is 1. The molecule has 2 aliphatic heterocycles. The maximum absolute atomic E-state index is 13.7. The lowest BCUT2D eigenvalue weighted by molar-refractivity contribution is 0.189. The third-order valence-electron chi connectivity index (χ3n) is 4.82. The van der Waals surface area contributed by atoms with E-state index in [0.29, 0.717) is 26.2 Å². The van der Waals surface area contributed by atoms with E-state index >= 15 is 0 Å². The highest BCUT2D eigenvalue weighted by Gasteiger charge is 2.35. The van der Waals surface area contributed by atoms with Crippen LogP contribution in [0.3, 0.4) is 0 Å². The molecule has 7 nitrogen and oxygen atoms in total. The molecule has 27 heavy (non-hydrogen) atoms. The number of hydrogen-bond acceptors (Lipinski definition) is 5. The predicted molar refractivity (Wildman–Crippen MR) is 95.0 cm³/mol. The molecule has 0 radical (unpaired) electrons. The molecule has 1 aromatic heterocycles. The van der Waals surface area contributed by atoms with Crippen LogP contribution in [0.25, 0.3) is 0 Å². The van der Waals surface area contributed by atoms with E-state index in [0.717, 1.165) is 18.0 Å². The zero-order chi connectivity index (χ0) is 19.0. The summed E-state index contributed by atoms with van der Waals surface area (Å²) in [5, 5.41) is 7.97. The lowest BCUT2D eigenvalue weighted by Gasteiger charge is -2.41. The number of carbonyl (C=O) groups excluding carboxylic acids is 1. The highest BCUT2D eigenvalue weighted by atomic mass is 19.2. The minimum atomic E-state index is -1.00. The van der Waals surface area contributed by atoms with Crippen LogP contribution in [0, 0.1) is 11.6 Å². The van der Waals surface area contributed by atoms with Crippen molar-refractivity contribution in [3.63, 3.8) is 0 Å². The Morgan fingerprint density at radius 1 is 1.19 bits per heavy atom. The van der Waals surface area contributed by atoms with Crippen LogP contribution in [0.4, 0.5) is 25.1 Å². The van der Waals surface area contributed by atoms with Crippen molar-refractivity contribution >= 4 is 17.5 Å². The van der Waals surface area contributed by atoms with E-state index in [1.54, 1.807) is 11.1 Å². The maximum atomic E-state index is 13.7. The van der Waals surface area contributed by atoms with Gasteiger partial charge >= 0.3 is 6.03 Å². The van der Waals surface area contributed by atoms with Crippen LogP contribution in [-0.4, -0.2) is 60.0 Å². The number of amides is 2. The Labute approximate surface area is 155 Å². The van der Waals surface area contributed by atoms with Gasteiger partial charge in [-0.05, 0) is 19.1 Å². The van der Waals surface area contributed by atoms with Crippen molar-refractivity contribution in [1.29, 1.82) is 0 Å². The smallest absolute Gasteiger partial charge is 0.325 e. The average Bonchev–Trinajstić information content (AvgIpc) is 2.70. The van der Waals surface area contributed by atoms with Gasteiger partial charge in [0, 0.05) is 44.5 Å². The summed E-state index contributed by atoms with van der Waals surface area (Å²) in [6.45, 7) is 4.28. The Kier molecular flexibility index (Phi) is 4.51. The minimum Gasteiger partial charge on any atom is -0.489 e. The fraction of sp³-hybridized carbons (Fsp3) is 0.389. The van der Waals surface area contributed by atoms with E-state index in [4.69, 9.17) is 4.74 Å². The summed E-state index contributed by atoms with van der Waals surface area (Å²) < 4.78 is 32.7. The second-order valence-corrected chi connectivity index (χ2v) is 6.60.